The van der Waals surface area contributed by atoms with Gasteiger partial charge in [-0.15, -0.1) is 0 Å². The van der Waals surface area contributed by atoms with Crippen LogP contribution in [0.25, 0.3) is 0 Å². The molecular weight excluding hydrogens is 488 g/mol. The minimum absolute atomic E-state index is 0.0685. The van der Waals surface area contributed by atoms with E-state index in [-0.39, 0.29) is 16.9 Å². The number of carbonyl (C=O) groups is 3. The molecule has 0 spiro atoms. The Morgan fingerprint density at radius 3 is 2.08 bits per heavy atom. The Morgan fingerprint density at radius 1 is 0.778 bits per heavy atom. The molecule has 2 atom stereocenters. The Hall–Kier alpha value is -3.03. The van der Waals surface area contributed by atoms with Crippen LogP contribution < -0.4 is 10.6 Å². The molecule has 3 rings (SSSR count). The van der Waals surface area contributed by atoms with Gasteiger partial charge in [-0.2, -0.15) is 11.8 Å². The molecule has 0 aliphatic rings. The maximum absolute atomic E-state index is 13.0. The number of aryl methyl sites for hydroxylation is 1. The Morgan fingerprint density at radius 2 is 1.42 bits per heavy atom. The topological polar surface area (TPSA) is 75.3 Å². The van der Waals surface area contributed by atoms with Gasteiger partial charge in [0.2, 0.25) is 16.9 Å². The van der Waals surface area contributed by atoms with E-state index in [9.17, 15) is 14.4 Å². The van der Waals surface area contributed by atoms with Crippen molar-refractivity contribution >= 4 is 40.5 Å². The monoisotopic (exact) mass is 520 g/mol. The minimum atomic E-state index is -0.672. The summed E-state index contributed by atoms with van der Waals surface area (Å²) in [5.74, 6) is 0.657. The molecule has 0 bridgehead atoms. The normalized spacial score (nSPS) is 12.4. The summed E-state index contributed by atoms with van der Waals surface area (Å²) in [6.45, 7) is 4.22. The van der Waals surface area contributed by atoms with E-state index in [2.05, 4.69) is 34.9 Å². The Balaban J connectivity index is 1.56. The van der Waals surface area contributed by atoms with E-state index >= 15 is 0 Å². The third-order valence-corrected chi connectivity index (χ3v) is 7.81. The van der Waals surface area contributed by atoms with Crippen molar-refractivity contribution in [3.05, 3.63) is 107 Å². The van der Waals surface area contributed by atoms with Gasteiger partial charge >= 0.3 is 0 Å². The van der Waals surface area contributed by atoms with Crippen molar-refractivity contribution in [2.24, 2.45) is 5.92 Å². The Kier molecular flexibility index (Phi) is 11.1. The molecule has 0 unspecified atom stereocenters. The molecule has 36 heavy (non-hydrogen) atoms. The first kappa shape index (κ1) is 27.6. The molecule has 0 aromatic heterocycles. The van der Waals surface area contributed by atoms with Gasteiger partial charge in [0.25, 0.3) is 0 Å². The Labute approximate surface area is 221 Å². The molecule has 7 heteroatoms. The highest BCUT2D eigenvalue weighted by Crippen LogP contribution is 2.17. The van der Waals surface area contributed by atoms with Crippen LogP contribution in [0.3, 0.4) is 0 Å². The molecule has 188 valence electrons. The summed E-state index contributed by atoms with van der Waals surface area (Å²) in [6, 6.07) is 26.3. The summed E-state index contributed by atoms with van der Waals surface area (Å²) in [4.78, 5) is 38.3. The highest BCUT2D eigenvalue weighted by Gasteiger charge is 2.24. The highest BCUT2D eigenvalue weighted by atomic mass is 32.2. The molecular formula is C29H32N2O3S2. The molecule has 0 heterocycles. The standard InChI is InChI=1S/C29H32N2O3S2/c1-21-13-15-24(16-14-21)19-35-20-26(28(33)30-17-23-9-5-3-6-10-23)31-27(32)22(2)18-36-29(34)25-11-7-4-8-12-25/h3-16,22,26H,17-20H2,1-2H3,(H,30,33)(H,31,32)/t22-,26+/m1/s1. The summed E-state index contributed by atoms with van der Waals surface area (Å²) < 4.78 is 0. The van der Waals surface area contributed by atoms with Crippen molar-refractivity contribution in [1.82, 2.24) is 10.6 Å². The van der Waals surface area contributed by atoms with Crippen molar-refractivity contribution in [1.29, 1.82) is 0 Å². The number of hydrogen-bond acceptors (Lipinski definition) is 5. The molecule has 0 radical (unpaired) electrons. The predicted molar refractivity (Wildman–Crippen MR) is 150 cm³/mol. The van der Waals surface area contributed by atoms with Gasteiger partial charge in [0.15, 0.2) is 0 Å². The zero-order valence-corrected chi connectivity index (χ0v) is 22.2. The van der Waals surface area contributed by atoms with Gasteiger partial charge in [-0.1, -0.05) is 109 Å². The molecule has 0 aliphatic heterocycles. The number of rotatable bonds is 12. The lowest BCUT2D eigenvalue weighted by Crippen LogP contribution is -2.49. The molecule has 0 saturated carbocycles. The van der Waals surface area contributed by atoms with Crippen molar-refractivity contribution in [2.45, 2.75) is 32.2 Å². The molecule has 5 nitrogen and oxygen atoms in total. The van der Waals surface area contributed by atoms with E-state index in [1.165, 1.54) is 11.1 Å². The van der Waals surface area contributed by atoms with Crippen LogP contribution in [0.4, 0.5) is 0 Å². The molecule has 0 fully saturated rings. The lowest BCUT2D eigenvalue weighted by molar-refractivity contribution is -0.130. The second-order valence-corrected chi connectivity index (χ2v) is 10.7. The highest BCUT2D eigenvalue weighted by molar-refractivity contribution is 8.14. The lowest BCUT2D eigenvalue weighted by Gasteiger charge is -2.20. The van der Waals surface area contributed by atoms with Crippen molar-refractivity contribution in [3.8, 4) is 0 Å². The van der Waals surface area contributed by atoms with Crippen LogP contribution in [0.1, 0.15) is 34.0 Å². The van der Waals surface area contributed by atoms with E-state index in [4.69, 9.17) is 0 Å². The molecule has 0 saturated heterocycles. The van der Waals surface area contributed by atoms with Gasteiger partial charge in [-0.25, -0.2) is 0 Å². The van der Waals surface area contributed by atoms with Crippen LogP contribution >= 0.6 is 23.5 Å². The number of thioether (sulfide) groups is 2. The van der Waals surface area contributed by atoms with E-state index in [1.807, 2.05) is 55.5 Å². The zero-order valence-electron chi connectivity index (χ0n) is 20.6. The maximum Gasteiger partial charge on any atom is 0.243 e. The predicted octanol–water partition coefficient (Wildman–Crippen LogP) is 5.24. The summed E-state index contributed by atoms with van der Waals surface area (Å²) >= 11 is 2.72. The zero-order chi connectivity index (χ0) is 25.8. The van der Waals surface area contributed by atoms with Crippen LogP contribution in [-0.4, -0.2) is 34.5 Å². The summed E-state index contributed by atoms with van der Waals surface area (Å²) in [5, 5.41) is 5.79. The third kappa shape index (κ3) is 9.21. The quantitative estimate of drug-likeness (QED) is 0.342. The number of hydrogen-bond donors (Lipinski definition) is 2. The van der Waals surface area contributed by atoms with Crippen molar-refractivity contribution in [3.63, 3.8) is 0 Å². The largest absolute Gasteiger partial charge is 0.350 e. The average Bonchev–Trinajstić information content (AvgIpc) is 2.91. The first-order valence-corrected chi connectivity index (χ1v) is 14.0. The lowest BCUT2D eigenvalue weighted by atomic mass is 10.2. The second kappa shape index (κ2) is 14.5. The molecule has 3 aromatic carbocycles. The average molecular weight is 521 g/mol. The SMILES string of the molecule is Cc1ccc(CSC[C@H](NC(=O)[C@H](C)CSC(=O)c2ccccc2)C(=O)NCc2ccccc2)cc1. The molecule has 0 aliphatic carbocycles. The van der Waals surface area contributed by atoms with Gasteiger partial charge < -0.3 is 10.6 Å². The van der Waals surface area contributed by atoms with Crippen LogP contribution in [0.2, 0.25) is 0 Å². The van der Waals surface area contributed by atoms with E-state index in [0.29, 0.717) is 23.6 Å². The smallest absolute Gasteiger partial charge is 0.243 e. The van der Waals surface area contributed by atoms with Gasteiger partial charge in [-0.05, 0) is 18.1 Å². The summed E-state index contributed by atoms with van der Waals surface area (Å²) in [5.41, 5.74) is 3.98. The van der Waals surface area contributed by atoms with Crippen LogP contribution in [-0.2, 0) is 21.9 Å². The molecule has 2 N–H and O–H groups in total. The van der Waals surface area contributed by atoms with Crippen molar-refractivity contribution in [2.75, 3.05) is 11.5 Å². The summed E-state index contributed by atoms with van der Waals surface area (Å²) in [6.07, 6.45) is 0. The second-order valence-electron chi connectivity index (χ2n) is 8.63. The van der Waals surface area contributed by atoms with Crippen molar-refractivity contribution < 1.29 is 14.4 Å². The number of benzene rings is 3. The van der Waals surface area contributed by atoms with Gasteiger partial charge in [-0.3, -0.25) is 14.4 Å². The number of amides is 2. The third-order valence-electron chi connectivity index (χ3n) is 5.54. The Bertz CT molecular complexity index is 1120. The first-order valence-electron chi connectivity index (χ1n) is 11.9. The first-order chi connectivity index (χ1) is 17.4. The minimum Gasteiger partial charge on any atom is -0.350 e. The fourth-order valence-corrected chi connectivity index (χ4v) is 5.19. The van der Waals surface area contributed by atoms with Gasteiger partial charge in [0, 0.05) is 35.3 Å². The maximum atomic E-state index is 13.0. The van der Waals surface area contributed by atoms with E-state index < -0.39 is 12.0 Å². The van der Waals surface area contributed by atoms with Crippen LogP contribution in [0.5, 0.6) is 0 Å². The molecule has 3 aromatic rings. The molecule has 2 amide bonds. The number of carbonyl (C=O) groups excluding carboxylic acids is 3. The van der Waals surface area contributed by atoms with Gasteiger partial charge in [0.05, 0.1) is 0 Å². The fourth-order valence-electron chi connectivity index (χ4n) is 3.32. The van der Waals surface area contributed by atoms with Crippen LogP contribution in [0, 0.1) is 12.8 Å². The van der Waals surface area contributed by atoms with E-state index in [0.717, 1.165) is 23.1 Å². The van der Waals surface area contributed by atoms with Gasteiger partial charge in [0.1, 0.15) is 6.04 Å². The number of nitrogens with one attached hydrogen (secondary N) is 2. The fraction of sp³-hybridized carbons (Fsp3) is 0.276. The van der Waals surface area contributed by atoms with Crippen LogP contribution in [0.15, 0.2) is 84.9 Å². The van der Waals surface area contributed by atoms with E-state index in [1.54, 1.807) is 30.8 Å². The summed E-state index contributed by atoms with van der Waals surface area (Å²) in [7, 11) is 0.